The molecular weight excluding hydrogens is 334 g/mol. The fourth-order valence-electron chi connectivity index (χ4n) is 2.83. The van der Waals surface area contributed by atoms with Gasteiger partial charge in [0, 0.05) is 33.1 Å². The van der Waals surface area contributed by atoms with Crippen LogP contribution in [0.4, 0.5) is 11.6 Å². The van der Waals surface area contributed by atoms with Gasteiger partial charge in [0.2, 0.25) is 5.91 Å². The predicted octanol–water partition coefficient (Wildman–Crippen LogP) is 1.41. The molecule has 8 nitrogen and oxygen atoms in total. The molecule has 1 fully saturated rings. The molecule has 1 saturated heterocycles. The Morgan fingerprint density at radius 3 is 2.38 bits per heavy atom. The number of aromatic nitrogens is 2. The molecule has 2 heterocycles. The van der Waals surface area contributed by atoms with E-state index in [1.54, 1.807) is 37.3 Å². The maximum Gasteiger partial charge on any atom is 0.260 e. The highest BCUT2D eigenvalue weighted by molar-refractivity contribution is 6.05. The average Bonchev–Trinajstić information content (AvgIpc) is 2.68. The van der Waals surface area contributed by atoms with Crippen LogP contribution in [-0.4, -0.2) is 60.2 Å². The summed E-state index contributed by atoms with van der Waals surface area (Å²) in [4.78, 5) is 27.6. The van der Waals surface area contributed by atoms with E-state index in [1.165, 1.54) is 7.11 Å². The van der Waals surface area contributed by atoms with Gasteiger partial charge in [-0.25, -0.2) is 0 Å². The third-order valence-electron chi connectivity index (χ3n) is 4.29. The molecular formula is C18H21N5O3. The van der Waals surface area contributed by atoms with Gasteiger partial charge < -0.3 is 19.9 Å². The van der Waals surface area contributed by atoms with Crippen molar-refractivity contribution in [2.24, 2.45) is 0 Å². The quantitative estimate of drug-likeness (QED) is 0.892. The first-order valence-electron chi connectivity index (χ1n) is 8.37. The zero-order valence-corrected chi connectivity index (χ0v) is 14.8. The van der Waals surface area contributed by atoms with E-state index < -0.39 is 0 Å². The summed E-state index contributed by atoms with van der Waals surface area (Å²) in [6.45, 7) is 4.34. The summed E-state index contributed by atoms with van der Waals surface area (Å²) in [5.41, 5.74) is 0.432. The zero-order valence-electron chi connectivity index (χ0n) is 14.8. The first-order valence-corrected chi connectivity index (χ1v) is 8.37. The second kappa shape index (κ2) is 7.81. The van der Waals surface area contributed by atoms with Crippen LogP contribution in [0.5, 0.6) is 5.75 Å². The van der Waals surface area contributed by atoms with E-state index in [2.05, 4.69) is 20.4 Å². The fraction of sp³-hybridized carbons (Fsp3) is 0.333. The summed E-state index contributed by atoms with van der Waals surface area (Å²) >= 11 is 0. The minimum absolute atomic E-state index is 0.0881. The standard InChI is InChI=1S/C18H21N5O3/c1-13(24)22-9-11-23(12-10-22)17-8-7-16(20-21-17)19-18(25)14-5-3-4-6-15(14)26-2/h3-8H,9-12H2,1-2H3,(H,19,20,25). The summed E-state index contributed by atoms with van der Waals surface area (Å²) in [6.07, 6.45) is 0. The van der Waals surface area contributed by atoms with Gasteiger partial charge in [0.05, 0.1) is 12.7 Å². The van der Waals surface area contributed by atoms with Crippen molar-refractivity contribution in [2.45, 2.75) is 6.92 Å². The lowest BCUT2D eigenvalue weighted by molar-refractivity contribution is -0.129. The number of carbonyl (C=O) groups is 2. The Hall–Kier alpha value is -3.16. The van der Waals surface area contributed by atoms with Crippen molar-refractivity contribution in [3.63, 3.8) is 0 Å². The van der Waals surface area contributed by atoms with Gasteiger partial charge in [0.25, 0.3) is 5.91 Å². The highest BCUT2D eigenvalue weighted by Crippen LogP contribution is 2.19. The summed E-state index contributed by atoms with van der Waals surface area (Å²) in [5, 5.41) is 11.0. The lowest BCUT2D eigenvalue weighted by Crippen LogP contribution is -2.48. The number of benzene rings is 1. The van der Waals surface area contributed by atoms with Gasteiger partial charge in [-0.05, 0) is 24.3 Å². The van der Waals surface area contributed by atoms with Crippen molar-refractivity contribution in [3.05, 3.63) is 42.0 Å². The van der Waals surface area contributed by atoms with E-state index in [4.69, 9.17) is 4.74 Å². The highest BCUT2D eigenvalue weighted by atomic mass is 16.5. The van der Waals surface area contributed by atoms with Gasteiger partial charge in [-0.3, -0.25) is 9.59 Å². The van der Waals surface area contributed by atoms with Crippen LogP contribution >= 0.6 is 0 Å². The Kier molecular flexibility index (Phi) is 5.31. The molecule has 3 rings (SSSR count). The van der Waals surface area contributed by atoms with Crippen molar-refractivity contribution in [1.82, 2.24) is 15.1 Å². The van der Waals surface area contributed by atoms with Gasteiger partial charge in [-0.15, -0.1) is 10.2 Å². The number of piperazine rings is 1. The first kappa shape index (κ1) is 17.7. The molecule has 1 aromatic carbocycles. The predicted molar refractivity (Wildman–Crippen MR) is 97.4 cm³/mol. The van der Waals surface area contributed by atoms with E-state index in [0.29, 0.717) is 43.3 Å². The van der Waals surface area contributed by atoms with E-state index in [1.807, 2.05) is 11.0 Å². The lowest BCUT2D eigenvalue weighted by Gasteiger charge is -2.34. The number of ether oxygens (including phenoxy) is 1. The third-order valence-corrected chi connectivity index (χ3v) is 4.29. The van der Waals surface area contributed by atoms with Crippen LogP contribution < -0.4 is 15.0 Å². The number of hydrogen-bond donors (Lipinski definition) is 1. The Balaban J connectivity index is 1.63. The number of nitrogens with one attached hydrogen (secondary N) is 1. The SMILES string of the molecule is COc1ccccc1C(=O)Nc1ccc(N2CCN(C(C)=O)CC2)nn1. The van der Waals surface area contributed by atoms with Crippen LogP contribution in [0.25, 0.3) is 0 Å². The van der Waals surface area contributed by atoms with Gasteiger partial charge in [-0.1, -0.05) is 12.1 Å². The molecule has 0 atom stereocenters. The molecule has 0 unspecified atom stereocenters. The number of para-hydroxylation sites is 1. The molecule has 1 aliphatic rings. The minimum atomic E-state index is -0.306. The van der Waals surface area contributed by atoms with Crippen LogP contribution in [0.15, 0.2) is 36.4 Å². The Morgan fingerprint density at radius 1 is 1.04 bits per heavy atom. The second-order valence-electron chi connectivity index (χ2n) is 5.92. The van der Waals surface area contributed by atoms with Crippen LogP contribution in [-0.2, 0) is 4.79 Å². The van der Waals surface area contributed by atoms with E-state index in [-0.39, 0.29) is 11.8 Å². The molecule has 8 heteroatoms. The summed E-state index contributed by atoms with van der Waals surface area (Å²) in [7, 11) is 1.52. The molecule has 1 N–H and O–H groups in total. The maximum atomic E-state index is 12.4. The van der Waals surface area contributed by atoms with Gasteiger partial charge in [0.15, 0.2) is 11.6 Å². The van der Waals surface area contributed by atoms with Crippen LogP contribution in [0.1, 0.15) is 17.3 Å². The van der Waals surface area contributed by atoms with E-state index in [0.717, 1.165) is 5.82 Å². The molecule has 1 aliphatic heterocycles. The molecule has 0 saturated carbocycles. The molecule has 1 aromatic heterocycles. The minimum Gasteiger partial charge on any atom is -0.496 e. The van der Waals surface area contributed by atoms with Crippen LogP contribution in [0.2, 0.25) is 0 Å². The number of nitrogens with zero attached hydrogens (tertiary/aromatic N) is 4. The normalized spacial score (nSPS) is 14.1. The van der Waals surface area contributed by atoms with Gasteiger partial charge in [0.1, 0.15) is 5.75 Å². The number of rotatable bonds is 4. The van der Waals surface area contributed by atoms with Crippen molar-refractivity contribution < 1.29 is 14.3 Å². The molecule has 2 amide bonds. The van der Waals surface area contributed by atoms with E-state index >= 15 is 0 Å². The smallest absolute Gasteiger partial charge is 0.260 e. The number of methoxy groups -OCH3 is 1. The van der Waals surface area contributed by atoms with Gasteiger partial charge in [-0.2, -0.15) is 0 Å². The molecule has 26 heavy (non-hydrogen) atoms. The van der Waals surface area contributed by atoms with E-state index in [9.17, 15) is 9.59 Å². The first-order chi connectivity index (χ1) is 12.6. The Bertz CT molecular complexity index is 786. The average molecular weight is 355 g/mol. The number of hydrogen-bond acceptors (Lipinski definition) is 6. The molecule has 0 spiro atoms. The molecule has 136 valence electrons. The van der Waals surface area contributed by atoms with Gasteiger partial charge >= 0.3 is 0 Å². The lowest BCUT2D eigenvalue weighted by atomic mass is 10.2. The van der Waals surface area contributed by atoms with Crippen molar-refractivity contribution in [2.75, 3.05) is 43.5 Å². The number of carbonyl (C=O) groups excluding carboxylic acids is 2. The second-order valence-corrected chi connectivity index (χ2v) is 5.92. The summed E-state index contributed by atoms with van der Waals surface area (Å²) < 4.78 is 5.20. The fourth-order valence-corrected chi connectivity index (χ4v) is 2.83. The topological polar surface area (TPSA) is 87.7 Å². The van der Waals surface area contributed by atoms with Crippen LogP contribution in [0, 0.1) is 0 Å². The molecule has 0 aliphatic carbocycles. The Labute approximate surface area is 151 Å². The van der Waals surface area contributed by atoms with Crippen molar-refractivity contribution in [3.8, 4) is 5.75 Å². The molecule has 0 radical (unpaired) electrons. The molecule has 2 aromatic rings. The highest BCUT2D eigenvalue weighted by Gasteiger charge is 2.20. The number of amides is 2. The zero-order chi connectivity index (χ0) is 18.5. The van der Waals surface area contributed by atoms with Crippen molar-refractivity contribution in [1.29, 1.82) is 0 Å². The maximum absolute atomic E-state index is 12.4. The molecule has 0 bridgehead atoms. The Morgan fingerprint density at radius 2 is 1.77 bits per heavy atom. The monoisotopic (exact) mass is 355 g/mol. The summed E-state index contributed by atoms with van der Waals surface area (Å²) in [6, 6.07) is 10.5. The summed E-state index contributed by atoms with van der Waals surface area (Å²) in [5.74, 6) is 1.37. The number of anilines is 2. The van der Waals surface area contributed by atoms with Crippen molar-refractivity contribution >= 4 is 23.5 Å². The van der Waals surface area contributed by atoms with Crippen LogP contribution in [0.3, 0.4) is 0 Å². The third kappa shape index (κ3) is 3.90. The largest absolute Gasteiger partial charge is 0.496 e.